The topological polar surface area (TPSA) is 87.1 Å². The Morgan fingerprint density at radius 3 is 2.35 bits per heavy atom. The Hall–Kier alpha value is -3.26. The molecule has 2 aliphatic rings. The first-order valence-corrected chi connectivity index (χ1v) is 10.8. The molecule has 4 rings (SSSR count). The molecule has 2 fully saturated rings. The molecular weight excluding hydrogens is 394 g/mol. The third-order valence-corrected chi connectivity index (χ3v) is 5.94. The van der Waals surface area contributed by atoms with E-state index in [0.717, 1.165) is 38.3 Å². The first kappa shape index (κ1) is 21.0. The van der Waals surface area contributed by atoms with Gasteiger partial charge < -0.3 is 20.0 Å². The van der Waals surface area contributed by atoms with E-state index in [1.54, 1.807) is 41.6 Å². The lowest BCUT2D eigenvalue weighted by Gasteiger charge is -2.32. The lowest BCUT2D eigenvalue weighted by atomic mass is 10.2. The van der Waals surface area contributed by atoms with E-state index < -0.39 is 0 Å². The molecule has 0 atom stereocenters. The second-order valence-electron chi connectivity index (χ2n) is 8.04. The second kappa shape index (κ2) is 9.70. The number of hydrogen-bond donors (Lipinski definition) is 2. The summed E-state index contributed by atoms with van der Waals surface area (Å²) in [5.41, 5.74) is 2.54. The number of quaternary nitrogens is 1. The lowest BCUT2D eigenvalue weighted by Crippen LogP contribution is -3.13. The maximum atomic E-state index is 12.5. The molecule has 8 heteroatoms. The van der Waals surface area contributed by atoms with Gasteiger partial charge in [-0.3, -0.25) is 19.4 Å². The number of hydrogen-bond acceptors (Lipinski definition) is 4. The zero-order valence-electron chi connectivity index (χ0n) is 17.5. The van der Waals surface area contributed by atoms with Crippen LogP contribution in [0.3, 0.4) is 0 Å². The number of benzene rings is 1. The quantitative estimate of drug-likeness (QED) is 0.679. The van der Waals surface area contributed by atoms with E-state index >= 15 is 0 Å². The van der Waals surface area contributed by atoms with Gasteiger partial charge in [0, 0.05) is 42.2 Å². The van der Waals surface area contributed by atoms with Crippen molar-refractivity contribution >= 4 is 23.4 Å². The highest BCUT2D eigenvalue weighted by atomic mass is 16.2. The first-order valence-electron chi connectivity index (χ1n) is 10.8. The van der Waals surface area contributed by atoms with Crippen molar-refractivity contribution in [2.45, 2.75) is 19.4 Å². The maximum absolute atomic E-state index is 12.5. The van der Waals surface area contributed by atoms with Crippen LogP contribution in [0.1, 0.15) is 28.8 Å². The van der Waals surface area contributed by atoms with Crippen LogP contribution < -0.4 is 15.1 Å². The fourth-order valence-corrected chi connectivity index (χ4v) is 4.12. The minimum atomic E-state index is -0.283. The number of carbonyl (C=O) groups is 3. The number of piperazine rings is 1. The molecule has 1 aromatic heterocycles. The molecule has 0 bridgehead atoms. The molecule has 2 saturated heterocycles. The van der Waals surface area contributed by atoms with Crippen LogP contribution in [0.4, 0.5) is 5.69 Å². The van der Waals surface area contributed by atoms with Crippen LogP contribution >= 0.6 is 0 Å². The van der Waals surface area contributed by atoms with E-state index in [1.807, 2.05) is 17.0 Å². The van der Waals surface area contributed by atoms with E-state index in [0.29, 0.717) is 25.1 Å². The van der Waals surface area contributed by atoms with Gasteiger partial charge in [-0.05, 0) is 42.8 Å². The van der Waals surface area contributed by atoms with Gasteiger partial charge in [-0.2, -0.15) is 0 Å². The molecule has 0 aliphatic carbocycles. The van der Waals surface area contributed by atoms with E-state index in [-0.39, 0.29) is 24.3 Å². The molecule has 3 heterocycles. The number of aromatic nitrogens is 1. The average molecular weight is 423 g/mol. The Kier molecular flexibility index (Phi) is 6.57. The van der Waals surface area contributed by atoms with Gasteiger partial charge in [0.2, 0.25) is 11.8 Å². The molecule has 162 valence electrons. The van der Waals surface area contributed by atoms with Crippen molar-refractivity contribution in [2.24, 2.45) is 0 Å². The molecule has 8 nitrogen and oxygen atoms in total. The summed E-state index contributed by atoms with van der Waals surface area (Å²) in [6, 6.07) is 11.0. The molecule has 0 radical (unpaired) electrons. The van der Waals surface area contributed by atoms with Gasteiger partial charge in [-0.25, -0.2) is 0 Å². The van der Waals surface area contributed by atoms with Crippen LogP contribution in [0, 0.1) is 0 Å². The van der Waals surface area contributed by atoms with Crippen molar-refractivity contribution in [3.63, 3.8) is 0 Å². The van der Waals surface area contributed by atoms with Gasteiger partial charge in [0.05, 0.1) is 32.7 Å². The van der Waals surface area contributed by atoms with Crippen LogP contribution in [-0.2, 0) is 16.1 Å². The smallest absolute Gasteiger partial charge is 0.251 e. The monoisotopic (exact) mass is 422 g/mol. The molecule has 2 aromatic rings. The van der Waals surface area contributed by atoms with Crippen LogP contribution in [0.15, 0.2) is 48.8 Å². The van der Waals surface area contributed by atoms with E-state index in [2.05, 4.69) is 10.3 Å². The van der Waals surface area contributed by atoms with E-state index in [9.17, 15) is 14.4 Å². The Labute approximate surface area is 181 Å². The SMILES string of the molecule is O=C(NCC(=O)N1CC[NH+](Cc2ccncc2)CC1)c1ccc(N2CCCC2=O)cc1. The fraction of sp³-hybridized carbons (Fsp3) is 0.391. The number of nitrogens with one attached hydrogen (secondary N) is 2. The molecule has 0 unspecified atom stereocenters. The number of carbonyl (C=O) groups excluding carboxylic acids is 3. The summed E-state index contributed by atoms with van der Waals surface area (Å²) >= 11 is 0. The van der Waals surface area contributed by atoms with Gasteiger partial charge in [0.15, 0.2) is 0 Å². The Morgan fingerprint density at radius 2 is 1.71 bits per heavy atom. The van der Waals surface area contributed by atoms with Gasteiger partial charge in [-0.1, -0.05) is 0 Å². The molecule has 2 aliphatic heterocycles. The van der Waals surface area contributed by atoms with Crippen molar-refractivity contribution in [2.75, 3.05) is 44.2 Å². The summed E-state index contributed by atoms with van der Waals surface area (Å²) in [4.78, 5) is 45.8. The summed E-state index contributed by atoms with van der Waals surface area (Å²) < 4.78 is 0. The van der Waals surface area contributed by atoms with Crippen LogP contribution in [0.5, 0.6) is 0 Å². The predicted molar refractivity (Wildman–Crippen MR) is 116 cm³/mol. The Bertz CT molecular complexity index is 924. The van der Waals surface area contributed by atoms with Gasteiger partial charge in [0.25, 0.3) is 5.91 Å². The molecule has 0 saturated carbocycles. The maximum Gasteiger partial charge on any atom is 0.251 e. The highest BCUT2D eigenvalue weighted by Crippen LogP contribution is 2.21. The third-order valence-electron chi connectivity index (χ3n) is 5.94. The van der Waals surface area contributed by atoms with Crippen molar-refractivity contribution in [1.82, 2.24) is 15.2 Å². The Morgan fingerprint density at radius 1 is 1.00 bits per heavy atom. The number of amides is 3. The number of anilines is 1. The summed E-state index contributed by atoms with van der Waals surface area (Å²) in [5, 5.41) is 2.72. The standard InChI is InChI=1S/C23H27N5O3/c29-21-2-1-11-28(21)20-5-3-19(4-6-20)23(31)25-16-22(30)27-14-12-26(13-15-27)17-18-7-9-24-10-8-18/h3-10H,1-2,11-17H2,(H,25,31)/p+1. The molecular formula is C23H28N5O3+. The summed E-state index contributed by atoms with van der Waals surface area (Å²) in [6.45, 7) is 4.79. The highest BCUT2D eigenvalue weighted by molar-refractivity contribution is 5.98. The van der Waals surface area contributed by atoms with Gasteiger partial charge in [-0.15, -0.1) is 0 Å². The molecule has 1 aromatic carbocycles. The zero-order chi connectivity index (χ0) is 21.6. The largest absolute Gasteiger partial charge is 0.343 e. The normalized spacial score (nSPS) is 17.1. The molecule has 2 N–H and O–H groups in total. The lowest BCUT2D eigenvalue weighted by molar-refractivity contribution is -0.917. The Balaban J connectivity index is 1.21. The number of rotatable bonds is 6. The minimum absolute atomic E-state index is 0.00904. The van der Waals surface area contributed by atoms with Crippen molar-refractivity contribution < 1.29 is 19.3 Å². The first-order chi connectivity index (χ1) is 15.1. The highest BCUT2D eigenvalue weighted by Gasteiger charge is 2.24. The molecule has 3 amide bonds. The molecule has 0 spiro atoms. The molecule has 31 heavy (non-hydrogen) atoms. The van der Waals surface area contributed by atoms with E-state index in [4.69, 9.17) is 0 Å². The van der Waals surface area contributed by atoms with Gasteiger partial charge in [0.1, 0.15) is 6.54 Å². The van der Waals surface area contributed by atoms with Crippen molar-refractivity contribution in [3.05, 3.63) is 59.9 Å². The third kappa shape index (κ3) is 5.27. The van der Waals surface area contributed by atoms with Gasteiger partial charge >= 0.3 is 0 Å². The summed E-state index contributed by atoms with van der Waals surface area (Å²) in [7, 11) is 0. The van der Waals surface area contributed by atoms with Crippen LogP contribution in [0.25, 0.3) is 0 Å². The zero-order valence-corrected chi connectivity index (χ0v) is 17.5. The van der Waals surface area contributed by atoms with Crippen molar-refractivity contribution in [1.29, 1.82) is 0 Å². The predicted octanol–water partition coefficient (Wildman–Crippen LogP) is -0.134. The minimum Gasteiger partial charge on any atom is -0.343 e. The summed E-state index contributed by atoms with van der Waals surface area (Å²) in [5.74, 6) is -0.226. The fourth-order valence-electron chi connectivity index (χ4n) is 4.12. The van der Waals surface area contributed by atoms with Crippen LogP contribution in [-0.4, -0.2) is 66.9 Å². The summed E-state index contributed by atoms with van der Waals surface area (Å²) in [6.07, 6.45) is 5.04. The van der Waals surface area contributed by atoms with E-state index in [1.165, 1.54) is 10.5 Å². The number of nitrogens with zero attached hydrogens (tertiary/aromatic N) is 3. The number of pyridine rings is 1. The van der Waals surface area contributed by atoms with Crippen molar-refractivity contribution in [3.8, 4) is 0 Å². The van der Waals surface area contributed by atoms with Crippen LogP contribution in [0.2, 0.25) is 0 Å². The average Bonchev–Trinajstić information content (AvgIpc) is 3.24. The second-order valence-corrected chi connectivity index (χ2v) is 8.04.